The summed E-state index contributed by atoms with van der Waals surface area (Å²) in [5, 5.41) is 0. The first-order chi connectivity index (χ1) is 9.13. The van der Waals surface area contributed by atoms with E-state index in [1.54, 1.807) is 11.8 Å². The molecule has 0 saturated heterocycles. The van der Waals surface area contributed by atoms with Crippen LogP contribution in [0.1, 0.15) is 27.9 Å². The molecule has 1 aromatic heterocycles. The van der Waals surface area contributed by atoms with Crippen LogP contribution in [0.3, 0.4) is 0 Å². The lowest BCUT2D eigenvalue weighted by Crippen LogP contribution is -2.37. The van der Waals surface area contributed by atoms with E-state index in [4.69, 9.17) is 5.73 Å². The number of rotatable bonds is 5. The van der Waals surface area contributed by atoms with Gasteiger partial charge in [-0.25, -0.2) is 0 Å². The van der Waals surface area contributed by atoms with E-state index in [1.807, 2.05) is 24.1 Å². The Bertz CT molecular complexity index is 473. The van der Waals surface area contributed by atoms with Crippen LogP contribution in [0.2, 0.25) is 0 Å². The normalized spacial score (nSPS) is 11.6. The molecule has 1 rings (SSSR count). The Morgan fingerprint density at radius 3 is 2.89 bits per heavy atom. The van der Waals surface area contributed by atoms with Crippen molar-refractivity contribution in [2.75, 3.05) is 25.6 Å². The fraction of sp³-hybridized carbons (Fsp3) is 0.500. The van der Waals surface area contributed by atoms with E-state index in [1.165, 1.54) is 11.3 Å². The molecule has 0 aliphatic rings. The lowest BCUT2D eigenvalue weighted by atomic mass is 10.2. The van der Waals surface area contributed by atoms with E-state index in [0.717, 1.165) is 21.9 Å². The summed E-state index contributed by atoms with van der Waals surface area (Å²) in [6.07, 6.45) is 3.03. The van der Waals surface area contributed by atoms with Crippen LogP contribution < -0.4 is 5.73 Å². The van der Waals surface area contributed by atoms with Crippen LogP contribution in [0.5, 0.6) is 0 Å². The van der Waals surface area contributed by atoms with Gasteiger partial charge in [0.25, 0.3) is 5.91 Å². The number of nitrogens with two attached hydrogens (primary N) is 1. The van der Waals surface area contributed by atoms with E-state index in [-0.39, 0.29) is 11.9 Å². The topological polar surface area (TPSA) is 46.3 Å². The van der Waals surface area contributed by atoms with E-state index >= 15 is 0 Å². The minimum atomic E-state index is 0.0756. The van der Waals surface area contributed by atoms with Crippen molar-refractivity contribution < 1.29 is 4.79 Å². The lowest BCUT2D eigenvalue weighted by molar-refractivity contribution is 0.0748. The summed E-state index contributed by atoms with van der Waals surface area (Å²) in [5.74, 6) is 6.79. The highest BCUT2D eigenvalue weighted by molar-refractivity contribution is 7.98. The number of thiophene rings is 1. The first-order valence-electron chi connectivity index (χ1n) is 6.18. The Kier molecular flexibility index (Phi) is 7.00. The number of carbonyl (C=O) groups is 1. The Labute approximate surface area is 123 Å². The van der Waals surface area contributed by atoms with Crippen LogP contribution in [-0.4, -0.2) is 42.4 Å². The van der Waals surface area contributed by atoms with Gasteiger partial charge in [0, 0.05) is 18.8 Å². The van der Waals surface area contributed by atoms with Crippen LogP contribution in [0.4, 0.5) is 0 Å². The molecule has 0 aromatic carbocycles. The van der Waals surface area contributed by atoms with Gasteiger partial charge < -0.3 is 10.6 Å². The highest BCUT2D eigenvalue weighted by Crippen LogP contribution is 2.19. The van der Waals surface area contributed by atoms with Crippen molar-refractivity contribution in [3.8, 4) is 11.8 Å². The molecule has 0 aliphatic carbocycles. The van der Waals surface area contributed by atoms with Crippen LogP contribution >= 0.6 is 23.1 Å². The lowest BCUT2D eigenvalue weighted by Gasteiger charge is -2.26. The minimum absolute atomic E-state index is 0.0756. The molecule has 0 aliphatic heterocycles. The standard InChI is InChI=1S/C14H20N2OS2/c1-4-11(10-18-3)16(2)14(17)13-8-7-12(19-13)6-5-9-15/h7-8,11H,4,9-10,15H2,1-3H3. The summed E-state index contributed by atoms with van der Waals surface area (Å²) in [5.41, 5.74) is 5.34. The molecule has 1 amide bonds. The van der Waals surface area contributed by atoms with Crippen molar-refractivity contribution >= 4 is 29.0 Å². The first-order valence-corrected chi connectivity index (χ1v) is 8.39. The van der Waals surface area contributed by atoms with Gasteiger partial charge >= 0.3 is 0 Å². The van der Waals surface area contributed by atoms with Gasteiger partial charge in [-0.2, -0.15) is 11.8 Å². The predicted molar refractivity (Wildman–Crippen MR) is 84.8 cm³/mol. The Morgan fingerprint density at radius 1 is 1.58 bits per heavy atom. The molecule has 1 unspecified atom stereocenters. The molecule has 0 radical (unpaired) electrons. The van der Waals surface area contributed by atoms with Crippen LogP contribution in [-0.2, 0) is 0 Å². The second-order valence-corrected chi connectivity index (χ2v) is 6.10. The van der Waals surface area contributed by atoms with Gasteiger partial charge in [0.2, 0.25) is 0 Å². The SMILES string of the molecule is CCC(CSC)N(C)C(=O)c1ccc(C#CCN)s1. The molecule has 2 N–H and O–H groups in total. The van der Waals surface area contributed by atoms with E-state index in [2.05, 4.69) is 25.0 Å². The van der Waals surface area contributed by atoms with Gasteiger partial charge in [0.05, 0.1) is 16.3 Å². The molecule has 104 valence electrons. The Hall–Kier alpha value is -0.960. The van der Waals surface area contributed by atoms with Crippen molar-refractivity contribution in [3.05, 3.63) is 21.9 Å². The summed E-state index contributed by atoms with van der Waals surface area (Å²) in [6.45, 7) is 2.45. The zero-order chi connectivity index (χ0) is 14.3. The molecule has 1 atom stereocenters. The van der Waals surface area contributed by atoms with Crippen molar-refractivity contribution in [2.24, 2.45) is 5.73 Å². The van der Waals surface area contributed by atoms with Crippen molar-refractivity contribution in [2.45, 2.75) is 19.4 Å². The fourth-order valence-corrected chi connectivity index (χ4v) is 3.40. The highest BCUT2D eigenvalue weighted by atomic mass is 32.2. The molecule has 3 nitrogen and oxygen atoms in total. The second kappa shape index (κ2) is 8.26. The number of amides is 1. The van der Waals surface area contributed by atoms with E-state index in [9.17, 15) is 4.79 Å². The first kappa shape index (κ1) is 16.1. The van der Waals surface area contributed by atoms with Crippen molar-refractivity contribution in [1.29, 1.82) is 0 Å². The zero-order valence-electron chi connectivity index (χ0n) is 11.6. The number of hydrogen-bond donors (Lipinski definition) is 1. The van der Waals surface area contributed by atoms with Gasteiger partial charge in [-0.05, 0) is 24.8 Å². The highest BCUT2D eigenvalue weighted by Gasteiger charge is 2.20. The fourth-order valence-electron chi connectivity index (χ4n) is 1.69. The average molecular weight is 296 g/mol. The molecule has 0 saturated carbocycles. The number of nitrogens with zero attached hydrogens (tertiary/aromatic N) is 1. The maximum absolute atomic E-state index is 12.4. The molecule has 0 fully saturated rings. The molecule has 1 heterocycles. The largest absolute Gasteiger partial charge is 0.337 e. The summed E-state index contributed by atoms with van der Waals surface area (Å²) in [7, 11) is 1.87. The maximum Gasteiger partial charge on any atom is 0.263 e. The summed E-state index contributed by atoms with van der Waals surface area (Å²) in [6, 6.07) is 4.00. The summed E-state index contributed by atoms with van der Waals surface area (Å²) in [4.78, 5) is 15.8. The Morgan fingerprint density at radius 2 is 2.32 bits per heavy atom. The third-order valence-corrected chi connectivity index (χ3v) is 4.54. The van der Waals surface area contributed by atoms with Crippen LogP contribution in [0.25, 0.3) is 0 Å². The predicted octanol–water partition coefficient (Wildman–Crippen LogP) is 2.27. The number of carbonyl (C=O) groups excluding carboxylic acids is 1. The van der Waals surface area contributed by atoms with Gasteiger partial charge in [-0.1, -0.05) is 18.8 Å². The van der Waals surface area contributed by atoms with E-state index in [0.29, 0.717) is 6.54 Å². The quantitative estimate of drug-likeness (QED) is 0.848. The van der Waals surface area contributed by atoms with Crippen molar-refractivity contribution in [3.63, 3.8) is 0 Å². The molecule has 1 aromatic rings. The third-order valence-electron chi connectivity index (χ3n) is 2.83. The van der Waals surface area contributed by atoms with Crippen LogP contribution in [0.15, 0.2) is 12.1 Å². The monoisotopic (exact) mass is 296 g/mol. The molecule has 5 heteroatoms. The smallest absolute Gasteiger partial charge is 0.263 e. The second-order valence-electron chi connectivity index (χ2n) is 4.10. The zero-order valence-corrected chi connectivity index (χ0v) is 13.2. The van der Waals surface area contributed by atoms with E-state index < -0.39 is 0 Å². The third kappa shape index (κ3) is 4.57. The van der Waals surface area contributed by atoms with Crippen molar-refractivity contribution in [1.82, 2.24) is 4.90 Å². The molecular formula is C14H20N2OS2. The van der Waals surface area contributed by atoms with Gasteiger partial charge in [-0.15, -0.1) is 11.3 Å². The number of hydrogen-bond acceptors (Lipinski definition) is 4. The van der Waals surface area contributed by atoms with Gasteiger partial charge in [0.1, 0.15) is 0 Å². The molecule has 0 spiro atoms. The minimum Gasteiger partial charge on any atom is -0.337 e. The van der Waals surface area contributed by atoms with Gasteiger partial charge in [0.15, 0.2) is 0 Å². The van der Waals surface area contributed by atoms with Gasteiger partial charge in [-0.3, -0.25) is 4.79 Å². The number of thioether (sulfide) groups is 1. The average Bonchev–Trinajstić information content (AvgIpc) is 2.89. The molecule has 19 heavy (non-hydrogen) atoms. The Balaban J connectivity index is 2.78. The molecule has 0 bridgehead atoms. The van der Waals surface area contributed by atoms with Crippen LogP contribution in [0, 0.1) is 11.8 Å². The molecular weight excluding hydrogens is 276 g/mol. The maximum atomic E-state index is 12.4. The summed E-state index contributed by atoms with van der Waals surface area (Å²) < 4.78 is 0. The summed E-state index contributed by atoms with van der Waals surface area (Å²) >= 11 is 3.19.